The van der Waals surface area contributed by atoms with Crippen molar-refractivity contribution in [3.63, 3.8) is 0 Å². The van der Waals surface area contributed by atoms with Crippen LogP contribution in [0.3, 0.4) is 0 Å². The number of benzene rings is 1. The third-order valence-electron chi connectivity index (χ3n) is 2.22. The first-order chi connectivity index (χ1) is 7.98. The van der Waals surface area contributed by atoms with Gasteiger partial charge in [0.2, 0.25) is 0 Å². The summed E-state index contributed by atoms with van der Waals surface area (Å²) in [6, 6.07) is 4.56. The van der Waals surface area contributed by atoms with E-state index < -0.39 is 5.82 Å². The number of hydrogen-bond acceptors (Lipinski definition) is 3. The molecule has 1 N–H and O–H groups in total. The van der Waals surface area contributed by atoms with Gasteiger partial charge < -0.3 is 5.21 Å². The van der Waals surface area contributed by atoms with E-state index in [-0.39, 0.29) is 10.3 Å². The summed E-state index contributed by atoms with van der Waals surface area (Å²) >= 11 is 1.64. The van der Waals surface area contributed by atoms with Crippen molar-refractivity contribution >= 4 is 18.0 Å². The van der Waals surface area contributed by atoms with Crippen LogP contribution in [0.4, 0.5) is 4.39 Å². The van der Waals surface area contributed by atoms with E-state index in [9.17, 15) is 4.39 Å². The first kappa shape index (κ1) is 13.6. The molecule has 1 rings (SSSR count). The Balaban J connectivity index is 2.99. The third-order valence-corrected chi connectivity index (χ3v) is 3.34. The largest absolute Gasteiger partial charge is 0.411 e. The van der Waals surface area contributed by atoms with Gasteiger partial charge in [0.15, 0.2) is 0 Å². The second kappa shape index (κ2) is 5.74. The average Bonchev–Trinajstić information content (AvgIpc) is 2.30. The van der Waals surface area contributed by atoms with Crippen LogP contribution in [-0.4, -0.2) is 22.4 Å². The number of rotatable bonds is 2. The Hall–Kier alpha value is -1.47. The normalized spacial score (nSPS) is 11.3. The van der Waals surface area contributed by atoms with Gasteiger partial charge in [-0.1, -0.05) is 17.0 Å². The molecule has 4 heteroatoms. The minimum absolute atomic E-state index is 0.151. The molecule has 0 radical (unpaired) electrons. The van der Waals surface area contributed by atoms with Crippen molar-refractivity contribution in [2.75, 3.05) is 6.26 Å². The first-order valence-electron chi connectivity index (χ1n) is 5.04. The molecule has 90 valence electrons. The summed E-state index contributed by atoms with van der Waals surface area (Å²) in [5, 5.41) is 11.1. The topological polar surface area (TPSA) is 32.6 Å². The minimum atomic E-state index is -0.448. The Morgan fingerprint density at radius 2 is 2.18 bits per heavy atom. The summed E-state index contributed by atoms with van der Waals surface area (Å²) in [7, 11) is 0. The van der Waals surface area contributed by atoms with Crippen molar-refractivity contribution < 1.29 is 9.60 Å². The lowest BCUT2D eigenvalue weighted by Gasteiger charge is -2.12. The standard InChI is InChI=1S/C13H14FNOS/c1-13(2,17-3)7-6-10-4-5-11(9-15-16)12(14)8-10/h4-5,8-9,16H,1-3H3/b15-9+. The molecule has 0 aliphatic carbocycles. The lowest BCUT2D eigenvalue weighted by atomic mass is 10.1. The SMILES string of the molecule is CSC(C)(C)C#Cc1ccc(/C=N/O)c(F)c1. The van der Waals surface area contributed by atoms with E-state index in [2.05, 4.69) is 17.0 Å². The maximum Gasteiger partial charge on any atom is 0.133 e. The summed E-state index contributed by atoms with van der Waals surface area (Å²) in [4.78, 5) is 0. The Kier molecular flexibility index (Phi) is 4.59. The highest BCUT2D eigenvalue weighted by molar-refractivity contribution is 8.00. The maximum absolute atomic E-state index is 13.5. The molecule has 0 spiro atoms. The highest BCUT2D eigenvalue weighted by Crippen LogP contribution is 2.19. The monoisotopic (exact) mass is 251 g/mol. The quantitative estimate of drug-likeness (QED) is 0.379. The van der Waals surface area contributed by atoms with Crippen LogP contribution in [0.1, 0.15) is 25.0 Å². The summed E-state index contributed by atoms with van der Waals surface area (Å²) in [6.45, 7) is 4.02. The number of thioether (sulfide) groups is 1. The van der Waals surface area contributed by atoms with Gasteiger partial charge in [-0.25, -0.2) is 4.39 Å². The van der Waals surface area contributed by atoms with E-state index in [4.69, 9.17) is 5.21 Å². The molecule has 0 amide bonds. The lowest BCUT2D eigenvalue weighted by Crippen LogP contribution is -2.09. The molecule has 0 aromatic heterocycles. The molecule has 0 heterocycles. The molecule has 0 aliphatic heterocycles. The Bertz CT molecular complexity index is 486. The first-order valence-corrected chi connectivity index (χ1v) is 6.26. The molecule has 0 saturated heterocycles. The van der Waals surface area contributed by atoms with Gasteiger partial charge in [-0.15, -0.1) is 11.8 Å². The van der Waals surface area contributed by atoms with E-state index in [1.165, 1.54) is 12.1 Å². The van der Waals surface area contributed by atoms with Gasteiger partial charge in [-0.3, -0.25) is 0 Å². The smallest absolute Gasteiger partial charge is 0.133 e. The van der Waals surface area contributed by atoms with Crippen molar-refractivity contribution in [2.45, 2.75) is 18.6 Å². The summed E-state index contributed by atoms with van der Waals surface area (Å²) < 4.78 is 13.3. The summed E-state index contributed by atoms with van der Waals surface area (Å²) in [5.74, 6) is 5.55. The molecule has 0 aliphatic rings. The molecule has 0 fully saturated rings. The van der Waals surface area contributed by atoms with Crippen LogP contribution in [0.5, 0.6) is 0 Å². The fourth-order valence-corrected chi connectivity index (χ4v) is 1.20. The van der Waals surface area contributed by atoms with Crippen LogP contribution in [0, 0.1) is 17.7 Å². The van der Waals surface area contributed by atoms with Gasteiger partial charge in [0.1, 0.15) is 5.82 Å². The molecular weight excluding hydrogens is 237 g/mol. The highest BCUT2D eigenvalue weighted by Gasteiger charge is 2.10. The Labute approximate surface area is 105 Å². The zero-order valence-corrected chi connectivity index (χ0v) is 10.8. The van der Waals surface area contributed by atoms with Gasteiger partial charge in [-0.05, 0) is 38.3 Å². The zero-order chi connectivity index (χ0) is 12.9. The van der Waals surface area contributed by atoms with Crippen LogP contribution < -0.4 is 0 Å². The van der Waals surface area contributed by atoms with Gasteiger partial charge >= 0.3 is 0 Å². The van der Waals surface area contributed by atoms with E-state index >= 15 is 0 Å². The summed E-state index contributed by atoms with van der Waals surface area (Å²) in [5.41, 5.74) is 0.849. The molecule has 1 aromatic carbocycles. The van der Waals surface area contributed by atoms with E-state index in [0.29, 0.717) is 5.56 Å². The lowest BCUT2D eigenvalue weighted by molar-refractivity contribution is 0.321. The molecule has 1 aromatic rings. The number of halogens is 1. The van der Waals surface area contributed by atoms with Gasteiger partial charge in [-0.2, -0.15) is 0 Å². The maximum atomic E-state index is 13.5. The minimum Gasteiger partial charge on any atom is -0.411 e. The Morgan fingerprint density at radius 3 is 2.71 bits per heavy atom. The van der Waals surface area contributed by atoms with Crippen LogP contribution in [-0.2, 0) is 0 Å². The third kappa shape index (κ3) is 4.12. The fourth-order valence-electron chi connectivity index (χ4n) is 1.05. The van der Waals surface area contributed by atoms with Crippen LogP contribution >= 0.6 is 11.8 Å². The molecule has 0 bridgehead atoms. The molecule has 0 saturated carbocycles. The number of oxime groups is 1. The molecule has 2 nitrogen and oxygen atoms in total. The number of hydrogen-bond donors (Lipinski definition) is 1. The van der Waals surface area contributed by atoms with Crippen LogP contribution in [0.15, 0.2) is 23.4 Å². The molecule has 0 unspecified atom stereocenters. The van der Waals surface area contributed by atoms with Gasteiger partial charge in [0.25, 0.3) is 0 Å². The van der Waals surface area contributed by atoms with Crippen molar-refractivity contribution in [1.82, 2.24) is 0 Å². The zero-order valence-electron chi connectivity index (χ0n) is 9.99. The molecule has 0 atom stereocenters. The fraction of sp³-hybridized carbons (Fsp3) is 0.308. The second-order valence-electron chi connectivity index (χ2n) is 3.95. The highest BCUT2D eigenvalue weighted by atomic mass is 32.2. The predicted molar refractivity (Wildman–Crippen MR) is 70.3 cm³/mol. The van der Waals surface area contributed by atoms with Crippen LogP contribution in [0.2, 0.25) is 0 Å². The van der Waals surface area contributed by atoms with E-state index in [1.807, 2.05) is 20.1 Å². The van der Waals surface area contributed by atoms with E-state index in [1.54, 1.807) is 17.8 Å². The van der Waals surface area contributed by atoms with Crippen LogP contribution in [0.25, 0.3) is 0 Å². The van der Waals surface area contributed by atoms with Gasteiger partial charge in [0.05, 0.1) is 11.0 Å². The van der Waals surface area contributed by atoms with Crippen molar-refractivity contribution in [1.29, 1.82) is 0 Å². The van der Waals surface area contributed by atoms with Crippen molar-refractivity contribution in [2.24, 2.45) is 5.16 Å². The second-order valence-corrected chi connectivity index (χ2v) is 5.37. The summed E-state index contributed by atoms with van der Waals surface area (Å²) in [6.07, 6.45) is 3.04. The van der Waals surface area contributed by atoms with Crippen molar-refractivity contribution in [3.8, 4) is 11.8 Å². The average molecular weight is 251 g/mol. The molecular formula is C13H14FNOS. The predicted octanol–water partition coefficient (Wildman–Crippen LogP) is 3.13. The Morgan fingerprint density at radius 1 is 1.47 bits per heavy atom. The number of nitrogens with zero attached hydrogens (tertiary/aromatic N) is 1. The molecule has 17 heavy (non-hydrogen) atoms. The van der Waals surface area contributed by atoms with E-state index in [0.717, 1.165) is 6.21 Å². The van der Waals surface area contributed by atoms with Gasteiger partial charge in [0, 0.05) is 11.1 Å². The van der Waals surface area contributed by atoms with Crippen molar-refractivity contribution in [3.05, 3.63) is 35.1 Å².